The van der Waals surface area contributed by atoms with Gasteiger partial charge in [0.25, 0.3) is 0 Å². The van der Waals surface area contributed by atoms with Crippen LogP contribution in [0.2, 0.25) is 0 Å². The largest absolute Gasteiger partial charge is 0.340 e. The fourth-order valence-corrected chi connectivity index (χ4v) is 2.82. The lowest BCUT2D eigenvalue weighted by Gasteiger charge is -2.27. The summed E-state index contributed by atoms with van der Waals surface area (Å²) in [4.78, 5) is 14.1. The van der Waals surface area contributed by atoms with Gasteiger partial charge in [-0.3, -0.25) is 9.48 Å². The molecular weight excluding hydrogens is 246 g/mol. The van der Waals surface area contributed by atoms with Gasteiger partial charge in [-0.2, -0.15) is 16.9 Å². The van der Waals surface area contributed by atoms with Crippen LogP contribution in [-0.2, 0) is 11.3 Å². The van der Waals surface area contributed by atoms with E-state index in [9.17, 15) is 4.79 Å². The molecule has 0 unspecified atom stereocenters. The summed E-state index contributed by atoms with van der Waals surface area (Å²) in [5.41, 5.74) is 1.99. The average Bonchev–Trinajstić information content (AvgIpc) is 2.63. The van der Waals surface area contributed by atoms with Crippen molar-refractivity contribution in [3.8, 4) is 0 Å². The fourth-order valence-electron chi connectivity index (χ4n) is 1.97. The Labute approximate surface area is 114 Å². The van der Waals surface area contributed by atoms with Gasteiger partial charge in [0.1, 0.15) is 6.54 Å². The van der Waals surface area contributed by atoms with Gasteiger partial charge in [0, 0.05) is 24.5 Å². The summed E-state index contributed by atoms with van der Waals surface area (Å²) in [5, 5.41) is 4.33. The van der Waals surface area contributed by atoms with Crippen LogP contribution in [0.5, 0.6) is 0 Å². The molecule has 0 saturated carbocycles. The van der Waals surface area contributed by atoms with Crippen molar-refractivity contribution in [2.45, 2.75) is 39.8 Å². The lowest BCUT2D eigenvalue weighted by atomic mass is 10.2. The molecule has 0 bridgehead atoms. The van der Waals surface area contributed by atoms with Crippen molar-refractivity contribution in [2.24, 2.45) is 0 Å². The molecule has 1 atom stereocenters. The molecule has 0 aliphatic rings. The lowest BCUT2D eigenvalue weighted by molar-refractivity contribution is -0.132. The van der Waals surface area contributed by atoms with Crippen LogP contribution in [0, 0.1) is 13.8 Å². The zero-order chi connectivity index (χ0) is 13.7. The molecule has 0 aliphatic carbocycles. The minimum Gasteiger partial charge on any atom is -0.340 e. The van der Waals surface area contributed by atoms with Crippen molar-refractivity contribution in [3.63, 3.8) is 0 Å². The molecule has 1 heterocycles. The van der Waals surface area contributed by atoms with Crippen LogP contribution in [0.15, 0.2) is 6.07 Å². The summed E-state index contributed by atoms with van der Waals surface area (Å²) in [6, 6.07) is 2.30. The molecule has 0 saturated heterocycles. The number of aromatic nitrogens is 2. The van der Waals surface area contributed by atoms with Gasteiger partial charge < -0.3 is 4.90 Å². The number of nitrogens with zero attached hydrogens (tertiary/aromatic N) is 3. The summed E-state index contributed by atoms with van der Waals surface area (Å²) >= 11 is 1.78. The van der Waals surface area contributed by atoms with Crippen LogP contribution in [-0.4, -0.2) is 45.7 Å². The molecule has 1 aromatic rings. The molecule has 0 spiro atoms. The van der Waals surface area contributed by atoms with Gasteiger partial charge in [-0.15, -0.1) is 0 Å². The van der Waals surface area contributed by atoms with E-state index in [0.717, 1.165) is 23.6 Å². The molecule has 1 amide bonds. The molecule has 1 rings (SSSR count). The van der Waals surface area contributed by atoms with E-state index >= 15 is 0 Å². The van der Waals surface area contributed by atoms with Crippen molar-refractivity contribution in [1.29, 1.82) is 0 Å². The first-order valence-electron chi connectivity index (χ1n) is 6.25. The zero-order valence-electron chi connectivity index (χ0n) is 11.9. The van der Waals surface area contributed by atoms with Crippen molar-refractivity contribution in [3.05, 3.63) is 17.5 Å². The highest BCUT2D eigenvalue weighted by atomic mass is 32.2. The van der Waals surface area contributed by atoms with Gasteiger partial charge in [0.2, 0.25) is 5.91 Å². The third-order valence-corrected chi connectivity index (χ3v) is 3.88. The number of hydrogen-bond donors (Lipinski definition) is 0. The van der Waals surface area contributed by atoms with Gasteiger partial charge in [0.15, 0.2) is 0 Å². The number of hydrogen-bond acceptors (Lipinski definition) is 3. The summed E-state index contributed by atoms with van der Waals surface area (Å²) in [5.74, 6) is 1.11. The smallest absolute Gasteiger partial charge is 0.244 e. The summed E-state index contributed by atoms with van der Waals surface area (Å²) in [6.45, 7) is 6.38. The number of thioether (sulfide) groups is 1. The number of rotatable bonds is 6. The Hall–Kier alpha value is -0.970. The van der Waals surface area contributed by atoms with E-state index in [2.05, 4.69) is 18.3 Å². The monoisotopic (exact) mass is 269 g/mol. The quantitative estimate of drug-likeness (QED) is 0.794. The van der Waals surface area contributed by atoms with Gasteiger partial charge >= 0.3 is 0 Å². The highest BCUT2D eigenvalue weighted by molar-refractivity contribution is 7.98. The van der Waals surface area contributed by atoms with Gasteiger partial charge in [-0.05, 0) is 32.6 Å². The van der Waals surface area contributed by atoms with Gasteiger partial charge in [0.05, 0.1) is 5.69 Å². The van der Waals surface area contributed by atoms with Crippen molar-refractivity contribution in [2.75, 3.05) is 19.1 Å². The summed E-state index contributed by atoms with van der Waals surface area (Å²) < 4.78 is 1.78. The van der Waals surface area contributed by atoms with E-state index in [1.807, 2.05) is 31.9 Å². The standard InChI is InChI=1S/C13H23N3OS/c1-6-12(9-18-5)15(4)13(17)8-16-11(3)7-10(2)14-16/h7,12H,6,8-9H2,1-5H3/t12-/m0/s1. The van der Waals surface area contributed by atoms with E-state index < -0.39 is 0 Å². The van der Waals surface area contributed by atoms with E-state index in [1.165, 1.54) is 0 Å². The first-order chi connectivity index (χ1) is 8.49. The molecular formula is C13H23N3OS. The molecule has 0 fully saturated rings. The van der Waals surface area contributed by atoms with E-state index in [4.69, 9.17) is 0 Å². The second-order valence-corrected chi connectivity index (χ2v) is 5.52. The third kappa shape index (κ3) is 3.77. The average molecular weight is 269 g/mol. The first kappa shape index (κ1) is 15.1. The third-order valence-electron chi connectivity index (χ3n) is 3.16. The molecule has 0 aliphatic heterocycles. The first-order valence-corrected chi connectivity index (χ1v) is 7.64. The fraction of sp³-hybridized carbons (Fsp3) is 0.692. The zero-order valence-corrected chi connectivity index (χ0v) is 12.8. The van der Waals surface area contributed by atoms with Gasteiger partial charge in [-0.1, -0.05) is 6.92 Å². The molecule has 1 aromatic heterocycles. The maximum absolute atomic E-state index is 12.2. The van der Waals surface area contributed by atoms with Crippen LogP contribution >= 0.6 is 11.8 Å². The Bertz CT molecular complexity index is 403. The molecule has 0 N–H and O–H groups in total. The highest BCUT2D eigenvalue weighted by Gasteiger charge is 2.18. The molecule has 0 aromatic carbocycles. The predicted octanol–water partition coefficient (Wildman–Crippen LogP) is 2.10. The van der Waals surface area contributed by atoms with Crippen molar-refractivity contribution >= 4 is 17.7 Å². The van der Waals surface area contributed by atoms with Crippen LogP contribution in [0.1, 0.15) is 24.7 Å². The van der Waals surface area contributed by atoms with E-state index in [0.29, 0.717) is 12.6 Å². The maximum Gasteiger partial charge on any atom is 0.244 e. The van der Waals surface area contributed by atoms with Crippen LogP contribution in [0.3, 0.4) is 0 Å². The van der Waals surface area contributed by atoms with Crippen molar-refractivity contribution < 1.29 is 4.79 Å². The number of likely N-dealkylation sites (N-methyl/N-ethyl adjacent to an activating group) is 1. The highest BCUT2D eigenvalue weighted by Crippen LogP contribution is 2.10. The van der Waals surface area contributed by atoms with Crippen molar-refractivity contribution in [1.82, 2.24) is 14.7 Å². The Kier molecular flexibility index (Phi) is 5.72. The molecule has 4 nitrogen and oxygen atoms in total. The Morgan fingerprint density at radius 1 is 1.56 bits per heavy atom. The molecule has 18 heavy (non-hydrogen) atoms. The van der Waals surface area contributed by atoms with E-state index in [1.54, 1.807) is 16.4 Å². The molecule has 102 valence electrons. The maximum atomic E-state index is 12.2. The summed E-state index contributed by atoms with van der Waals surface area (Å²) in [6.07, 6.45) is 3.06. The SMILES string of the molecule is CC[C@@H](CSC)N(C)C(=O)Cn1nc(C)cc1C. The summed E-state index contributed by atoms with van der Waals surface area (Å²) in [7, 11) is 1.89. The van der Waals surface area contributed by atoms with Crippen LogP contribution < -0.4 is 0 Å². The van der Waals surface area contributed by atoms with Crippen LogP contribution in [0.25, 0.3) is 0 Å². The Morgan fingerprint density at radius 3 is 2.67 bits per heavy atom. The van der Waals surface area contributed by atoms with Gasteiger partial charge in [-0.25, -0.2) is 0 Å². The minimum absolute atomic E-state index is 0.127. The number of carbonyl (C=O) groups is 1. The number of carbonyl (C=O) groups excluding carboxylic acids is 1. The molecule has 5 heteroatoms. The Balaban J connectivity index is 2.67. The normalized spacial score (nSPS) is 12.5. The van der Waals surface area contributed by atoms with Crippen LogP contribution in [0.4, 0.5) is 0 Å². The number of aryl methyl sites for hydroxylation is 2. The number of amides is 1. The minimum atomic E-state index is 0.127. The molecule has 0 radical (unpaired) electrons. The Morgan fingerprint density at radius 2 is 2.22 bits per heavy atom. The predicted molar refractivity (Wildman–Crippen MR) is 76.9 cm³/mol. The second kappa shape index (κ2) is 6.83. The topological polar surface area (TPSA) is 38.1 Å². The lowest BCUT2D eigenvalue weighted by Crippen LogP contribution is -2.40. The van der Waals surface area contributed by atoms with E-state index in [-0.39, 0.29) is 5.91 Å². The second-order valence-electron chi connectivity index (χ2n) is 4.61.